The van der Waals surface area contributed by atoms with Crippen LogP contribution in [0, 0.1) is 11.8 Å². The molecule has 5 aliphatic heterocycles. The Morgan fingerprint density at radius 3 is 2.29 bits per heavy atom. The van der Waals surface area contributed by atoms with Gasteiger partial charge in [0.2, 0.25) is 21.8 Å². The van der Waals surface area contributed by atoms with E-state index in [-0.39, 0.29) is 127 Å². The van der Waals surface area contributed by atoms with E-state index in [9.17, 15) is 47.7 Å². The largest absolute Gasteiger partial charge is 0.508 e. The molecule has 1 aliphatic carbocycles. The third-order valence-corrected chi connectivity index (χ3v) is 17.2. The SMILES string of the molecule is CCNC(=O)c1nnc(-c2cc(C(C)C)c(O)cc2O)n1-c1ccc(S(=O)(=O)N2CCC(C(=O)N3CCN(C(=O)OC4=CC=C5N=C6C(=C(CC)C5C4)Cn4c6cc5c(c4=O)COC(=O)C5(O)CC)CC3)CC2)cc1. The van der Waals surface area contributed by atoms with E-state index >= 15 is 0 Å². The number of aromatic hydroxyl groups is 2. The van der Waals surface area contributed by atoms with Crippen molar-refractivity contribution in [2.45, 2.75) is 96.3 Å². The molecule has 394 valence electrons. The molecule has 75 heavy (non-hydrogen) atoms. The summed E-state index contributed by atoms with van der Waals surface area (Å²) in [5, 5.41) is 43.7. The molecular weight excluding hydrogens is 987 g/mol. The number of fused-ring (bicyclic) bond motifs is 5. The van der Waals surface area contributed by atoms with Crippen molar-refractivity contribution < 1.29 is 52.4 Å². The number of aliphatic hydroxyl groups is 1. The van der Waals surface area contributed by atoms with Crippen LogP contribution in [0.3, 0.4) is 0 Å². The molecule has 2 atom stereocenters. The minimum Gasteiger partial charge on any atom is -0.508 e. The number of phenolic OH excluding ortho intramolecular Hbond substituents is 2. The van der Waals surface area contributed by atoms with Gasteiger partial charge in [0.05, 0.1) is 34.0 Å². The molecule has 3 amide bonds. The van der Waals surface area contributed by atoms with E-state index in [2.05, 4.69) is 15.5 Å². The quantitative estimate of drug-likeness (QED) is 0.148. The topological polar surface area (TPSA) is 268 Å². The maximum Gasteiger partial charge on any atom is 0.415 e. The van der Waals surface area contributed by atoms with Gasteiger partial charge >= 0.3 is 12.1 Å². The highest BCUT2D eigenvalue weighted by atomic mass is 32.2. The van der Waals surface area contributed by atoms with Crippen LogP contribution in [0.5, 0.6) is 11.5 Å². The Balaban J connectivity index is 0.753. The van der Waals surface area contributed by atoms with Gasteiger partial charge in [0.1, 0.15) is 23.9 Å². The van der Waals surface area contributed by atoms with Gasteiger partial charge in [0, 0.05) is 87.1 Å². The number of hydrogen-bond donors (Lipinski definition) is 4. The molecule has 2 unspecified atom stereocenters. The van der Waals surface area contributed by atoms with E-state index in [1.165, 1.54) is 39.2 Å². The Labute approximate surface area is 432 Å². The fraction of sp³-hybridized carbons (Fsp3) is 0.434. The molecule has 21 nitrogen and oxygen atoms in total. The number of phenols is 2. The number of piperidine rings is 1. The van der Waals surface area contributed by atoms with Crippen molar-refractivity contribution >= 4 is 39.6 Å². The van der Waals surface area contributed by atoms with Crippen LogP contribution < -0.4 is 10.9 Å². The third kappa shape index (κ3) is 8.80. The lowest BCUT2D eigenvalue weighted by molar-refractivity contribution is -0.172. The summed E-state index contributed by atoms with van der Waals surface area (Å²) in [6.45, 7) is 10.9. The molecule has 0 radical (unpaired) electrons. The molecule has 0 saturated carbocycles. The monoisotopic (exact) mass is 1050 g/mol. The molecule has 7 heterocycles. The number of amides is 3. The van der Waals surface area contributed by atoms with Crippen molar-refractivity contribution in [1.82, 2.24) is 38.8 Å². The second-order valence-corrected chi connectivity index (χ2v) is 21.8. The van der Waals surface area contributed by atoms with Crippen LogP contribution in [0.25, 0.3) is 17.1 Å². The number of ether oxygens (including phenoxy) is 2. The fourth-order valence-electron chi connectivity index (χ4n) is 11.1. The Hall–Kier alpha value is -7.43. The van der Waals surface area contributed by atoms with Crippen LogP contribution in [-0.2, 0) is 47.8 Å². The van der Waals surface area contributed by atoms with Crippen LogP contribution >= 0.6 is 0 Å². The fourth-order valence-corrected chi connectivity index (χ4v) is 12.6. The van der Waals surface area contributed by atoms with Gasteiger partial charge in [-0.05, 0) is 98.2 Å². The number of cyclic esters (lactones) is 1. The van der Waals surface area contributed by atoms with Crippen LogP contribution in [0.15, 0.2) is 91.9 Å². The number of nitrogens with zero attached hydrogens (tertiary/aromatic N) is 8. The predicted molar refractivity (Wildman–Crippen MR) is 271 cm³/mol. The van der Waals surface area contributed by atoms with Crippen molar-refractivity contribution in [3.8, 4) is 28.6 Å². The molecule has 22 heteroatoms. The number of aliphatic imine (C=N–C) groups is 1. The minimum absolute atomic E-state index is 0.00639. The summed E-state index contributed by atoms with van der Waals surface area (Å²) in [4.78, 5) is 75.3. The maximum atomic E-state index is 14.0. The zero-order chi connectivity index (χ0) is 53.2. The number of carbonyl (C=O) groups excluding carboxylic acids is 4. The van der Waals surface area contributed by atoms with Gasteiger partial charge < -0.3 is 44.5 Å². The van der Waals surface area contributed by atoms with Crippen LogP contribution in [0.4, 0.5) is 4.79 Å². The Morgan fingerprint density at radius 2 is 1.63 bits per heavy atom. The summed E-state index contributed by atoms with van der Waals surface area (Å²) >= 11 is 0. The van der Waals surface area contributed by atoms with Gasteiger partial charge in [-0.2, -0.15) is 4.31 Å². The number of allylic oxidation sites excluding steroid dienone is 5. The second kappa shape index (κ2) is 19.7. The molecule has 4 N–H and O–H groups in total. The smallest absolute Gasteiger partial charge is 0.415 e. The lowest BCUT2D eigenvalue weighted by Crippen LogP contribution is -2.53. The number of benzene rings is 2. The van der Waals surface area contributed by atoms with Gasteiger partial charge in [-0.1, -0.05) is 33.3 Å². The molecule has 2 fully saturated rings. The summed E-state index contributed by atoms with van der Waals surface area (Å²) in [6.07, 6.45) is 4.68. The highest BCUT2D eigenvalue weighted by Gasteiger charge is 2.47. The van der Waals surface area contributed by atoms with E-state index in [4.69, 9.17) is 14.5 Å². The molecule has 2 aromatic carbocycles. The molecule has 10 rings (SSSR count). The molecule has 6 aliphatic rings. The predicted octanol–water partition coefficient (Wildman–Crippen LogP) is 4.73. The summed E-state index contributed by atoms with van der Waals surface area (Å²) in [7, 11) is -4.00. The first-order valence-corrected chi connectivity index (χ1v) is 26.9. The average Bonchev–Trinajstić information content (AvgIpc) is 4.03. The summed E-state index contributed by atoms with van der Waals surface area (Å²) in [5.41, 5.74) is 3.20. The third-order valence-electron chi connectivity index (χ3n) is 15.3. The Morgan fingerprint density at radius 1 is 0.920 bits per heavy atom. The van der Waals surface area contributed by atoms with Crippen LogP contribution in [0.1, 0.15) is 106 Å². The molecule has 4 aromatic rings. The van der Waals surface area contributed by atoms with E-state index in [0.717, 1.165) is 16.8 Å². The van der Waals surface area contributed by atoms with Crippen molar-refractivity contribution in [2.24, 2.45) is 16.8 Å². The van der Waals surface area contributed by atoms with Crippen molar-refractivity contribution in [2.75, 3.05) is 45.8 Å². The standard InChI is InChI=1S/C53H59N9O12S/c1-6-34-36-23-32(11-14-41(36)55-45-38(34)27-61-42(45)25-40-39(50(61)67)28-73-51(68)53(40,70)7-2)74-52(69)59-21-19-58(20-22-59)49(66)30-15-17-60(18-16-30)75(71,72)33-12-9-31(10-13-33)62-46(56-57-47(62)48(65)54-8-3)37-24-35(29(4)5)43(63)26-44(37)64/h9-14,24-26,29-30,36,63-64,70H,6-8,15-23,27-28H2,1-5H3,(H,54,65). The van der Waals surface area contributed by atoms with Crippen molar-refractivity contribution in [3.05, 3.63) is 116 Å². The van der Waals surface area contributed by atoms with Crippen molar-refractivity contribution in [1.29, 1.82) is 0 Å². The summed E-state index contributed by atoms with van der Waals surface area (Å²) in [6, 6.07) is 10.4. The highest BCUT2D eigenvalue weighted by molar-refractivity contribution is 7.89. The highest BCUT2D eigenvalue weighted by Crippen LogP contribution is 2.44. The van der Waals surface area contributed by atoms with E-state index in [1.807, 2.05) is 26.8 Å². The van der Waals surface area contributed by atoms with E-state index < -0.39 is 39.5 Å². The number of hydrogen-bond acceptors (Lipinski definition) is 15. The van der Waals surface area contributed by atoms with Crippen LogP contribution in [-0.4, -0.2) is 133 Å². The molecular formula is C53H59N9O12S. The number of carbonyl (C=O) groups is 4. The normalized spacial score (nSPS) is 20.9. The molecule has 2 aromatic heterocycles. The van der Waals surface area contributed by atoms with Crippen LogP contribution in [0.2, 0.25) is 0 Å². The minimum atomic E-state index is -4.00. The number of dihydropyridines is 1. The van der Waals surface area contributed by atoms with Gasteiger partial charge in [0.25, 0.3) is 11.5 Å². The average molecular weight is 1050 g/mol. The Kier molecular flexibility index (Phi) is 13.4. The molecule has 0 spiro atoms. The zero-order valence-corrected chi connectivity index (χ0v) is 43.1. The number of rotatable bonds is 11. The van der Waals surface area contributed by atoms with E-state index in [1.54, 1.807) is 46.4 Å². The second-order valence-electron chi connectivity index (χ2n) is 19.9. The number of aromatic nitrogens is 4. The van der Waals surface area contributed by atoms with Crippen molar-refractivity contribution in [3.63, 3.8) is 0 Å². The first-order valence-electron chi connectivity index (χ1n) is 25.4. The number of piperazine rings is 1. The molecule has 0 bridgehead atoms. The Bertz CT molecular complexity index is 3360. The number of esters is 1. The molecule has 2 saturated heterocycles. The van der Waals surface area contributed by atoms with Gasteiger partial charge in [-0.15, -0.1) is 10.2 Å². The first kappa shape index (κ1) is 51.1. The lowest BCUT2D eigenvalue weighted by Gasteiger charge is -2.38. The summed E-state index contributed by atoms with van der Waals surface area (Å²) in [5.74, 6) is -2.04. The van der Waals surface area contributed by atoms with Gasteiger partial charge in [-0.25, -0.2) is 18.0 Å². The first-order chi connectivity index (χ1) is 35.9. The maximum absolute atomic E-state index is 14.0. The number of sulfonamides is 1. The zero-order valence-electron chi connectivity index (χ0n) is 42.3. The number of pyridine rings is 1. The van der Waals surface area contributed by atoms with Gasteiger partial charge in [0.15, 0.2) is 11.4 Å². The van der Waals surface area contributed by atoms with Gasteiger partial charge in [-0.3, -0.25) is 23.9 Å². The van der Waals surface area contributed by atoms with E-state index in [0.29, 0.717) is 60.6 Å². The lowest BCUT2D eigenvalue weighted by atomic mass is 9.80. The summed E-state index contributed by atoms with van der Waals surface area (Å²) < 4.78 is 43.6. The number of nitrogens with one attached hydrogen (secondary N) is 1.